The van der Waals surface area contributed by atoms with E-state index in [0.717, 1.165) is 5.56 Å². The van der Waals surface area contributed by atoms with Crippen molar-refractivity contribution in [1.82, 2.24) is 15.2 Å². The lowest BCUT2D eigenvalue weighted by atomic mass is 10.2. The fourth-order valence-electron chi connectivity index (χ4n) is 1.05. The van der Waals surface area contributed by atoms with Crippen LogP contribution in [0.2, 0.25) is 10.2 Å². The SMILES string of the molecule is Clc1ccc(-c2nncnc2Cl)cc1. The van der Waals surface area contributed by atoms with Crippen LogP contribution in [0.3, 0.4) is 0 Å². The second-order valence-corrected chi connectivity index (χ2v) is 3.40. The Morgan fingerprint density at radius 3 is 2.36 bits per heavy atom. The van der Waals surface area contributed by atoms with Crippen molar-refractivity contribution < 1.29 is 0 Å². The molecule has 0 saturated heterocycles. The highest BCUT2D eigenvalue weighted by atomic mass is 35.5. The van der Waals surface area contributed by atoms with Gasteiger partial charge in [-0.25, -0.2) is 4.98 Å². The molecule has 0 atom stereocenters. The summed E-state index contributed by atoms with van der Waals surface area (Å²) in [5, 5.41) is 8.56. The molecule has 2 rings (SSSR count). The average molecular weight is 226 g/mol. The van der Waals surface area contributed by atoms with E-state index in [0.29, 0.717) is 15.9 Å². The molecule has 70 valence electrons. The molecular weight excluding hydrogens is 221 g/mol. The van der Waals surface area contributed by atoms with Gasteiger partial charge in [-0.2, -0.15) is 0 Å². The maximum absolute atomic E-state index is 5.85. The number of rotatable bonds is 1. The van der Waals surface area contributed by atoms with Gasteiger partial charge in [0.1, 0.15) is 12.0 Å². The van der Waals surface area contributed by atoms with E-state index in [2.05, 4.69) is 15.2 Å². The van der Waals surface area contributed by atoms with Crippen molar-refractivity contribution in [1.29, 1.82) is 0 Å². The highest BCUT2D eigenvalue weighted by Gasteiger charge is 2.05. The van der Waals surface area contributed by atoms with Crippen molar-refractivity contribution in [3.63, 3.8) is 0 Å². The Bertz CT molecular complexity index is 442. The van der Waals surface area contributed by atoms with Gasteiger partial charge in [0.15, 0.2) is 5.15 Å². The Morgan fingerprint density at radius 2 is 1.71 bits per heavy atom. The summed E-state index contributed by atoms with van der Waals surface area (Å²) in [5.41, 5.74) is 1.41. The zero-order valence-electron chi connectivity index (χ0n) is 6.98. The minimum absolute atomic E-state index is 0.335. The fourth-order valence-corrected chi connectivity index (χ4v) is 1.36. The molecule has 0 bridgehead atoms. The average Bonchev–Trinajstić information content (AvgIpc) is 2.20. The first kappa shape index (κ1) is 9.37. The first-order valence-electron chi connectivity index (χ1n) is 3.86. The summed E-state index contributed by atoms with van der Waals surface area (Å²) in [7, 11) is 0. The summed E-state index contributed by atoms with van der Waals surface area (Å²) in [6.45, 7) is 0. The summed E-state index contributed by atoms with van der Waals surface area (Å²) in [5.74, 6) is 0. The second kappa shape index (κ2) is 3.90. The van der Waals surface area contributed by atoms with Crippen LogP contribution in [0.4, 0.5) is 0 Å². The van der Waals surface area contributed by atoms with Gasteiger partial charge in [0.05, 0.1) is 0 Å². The quantitative estimate of drug-likeness (QED) is 0.750. The molecule has 0 N–H and O–H groups in total. The van der Waals surface area contributed by atoms with Crippen molar-refractivity contribution in [3.05, 3.63) is 40.8 Å². The summed E-state index contributed by atoms with van der Waals surface area (Å²) in [6, 6.07) is 7.17. The van der Waals surface area contributed by atoms with Gasteiger partial charge in [-0.1, -0.05) is 35.3 Å². The zero-order valence-corrected chi connectivity index (χ0v) is 8.50. The van der Waals surface area contributed by atoms with Crippen LogP contribution in [-0.4, -0.2) is 15.2 Å². The van der Waals surface area contributed by atoms with Crippen molar-refractivity contribution in [2.75, 3.05) is 0 Å². The van der Waals surface area contributed by atoms with E-state index >= 15 is 0 Å². The maximum Gasteiger partial charge on any atom is 0.159 e. The Labute approximate surface area is 90.7 Å². The second-order valence-electron chi connectivity index (χ2n) is 2.61. The van der Waals surface area contributed by atoms with Gasteiger partial charge in [-0.15, -0.1) is 10.2 Å². The highest BCUT2D eigenvalue weighted by molar-refractivity contribution is 6.32. The maximum atomic E-state index is 5.85. The third-order valence-electron chi connectivity index (χ3n) is 1.69. The predicted octanol–water partition coefficient (Wildman–Crippen LogP) is 2.85. The molecule has 5 heteroatoms. The molecule has 14 heavy (non-hydrogen) atoms. The fraction of sp³-hybridized carbons (Fsp3) is 0. The molecule has 0 aliphatic rings. The molecule has 0 aliphatic heterocycles. The normalized spacial score (nSPS) is 10.1. The molecule has 0 aliphatic carbocycles. The van der Waals surface area contributed by atoms with Crippen LogP contribution in [0.1, 0.15) is 0 Å². The summed E-state index contributed by atoms with van der Waals surface area (Å²) >= 11 is 11.6. The molecule has 1 aromatic carbocycles. The van der Waals surface area contributed by atoms with Crippen molar-refractivity contribution in [2.24, 2.45) is 0 Å². The largest absolute Gasteiger partial charge is 0.220 e. The predicted molar refractivity (Wildman–Crippen MR) is 55.3 cm³/mol. The molecule has 1 aromatic heterocycles. The van der Waals surface area contributed by atoms with E-state index in [-0.39, 0.29) is 0 Å². The zero-order chi connectivity index (χ0) is 9.97. The lowest BCUT2D eigenvalue weighted by Gasteiger charge is -2.00. The van der Waals surface area contributed by atoms with E-state index in [1.165, 1.54) is 6.33 Å². The molecule has 0 unspecified atom stereocenters. The van der Waals surface area contributed by atoms with Gasteiger partial charge in [0.2, 0.25) is 0 Å². The molecule has 0 saturated carbocycles. The third-order valence-corrected chi connectivity index (χ3v) is 2.22. The topological polar surface area (TPSA) is 38.7 Å². The molecule has 0 spiro atoms. The van der Waals surface area contributed by atoms with E-state index in [1.54, 1.807) is 12.1 Å². The van der Waals surface area contributed by atoms with Gasteiger partial charge in [-0.05, 0) is 12.1 Å². The minimum Gasteiger partial charge on any atom is -0.220 e. The molecule has 0 fully saturated rings. The molecule has 0 amide bonds. The number of hydrogen-bond donors (Lipinski definition) is 0. The van der Waals surface area contributed by atoms with Crippen LogP contribution in [0.5, 0.6) is 0 Å². The lowest BCUT2D eigenvalue weighted by Crippen LogP contribution is -1.90. The van der Waals surface area contributed by atoms with Gasteiger partial charge < -0.3 is 0 Å². The van der Waals surface area contributed by atoms with E-state index < -0.39 is 0 Å². The Kier molecular flexibility index (Phi) is 2.61. The number of halogens is 2. The first-order valence-corrected chi connectivity index (χ1v) is 4.62. The van der Waals surface area contributed by atoms with Crippen LogP contribution in [-0.2, 0) is 0 Å². The number of aromatic nitrogens is 3. The standard InChI is InChI=1S/C9H5Cl2N3/c10-7-3-1-6(2-4-7)8-9(11)12-5-13-14-8/h1-5H. The first-order chi connectivity index (χ1) is 6.77. The van der Waals surface area contributed by atoms with Crippen molar-refractivity contribution in [3.8, 4) is 11.3 Å². The van der Waals surface area contributed by atoms with Crippen LogP contribution in [0.25, 0.3) is 11.3 Å². The monoisotopic (exact) mass is 225 g/mol. The van der Waals surface area contributed by atoms with Crippen LogP contribution in [0.15, 0.2) is 30.6 Å². The smallest absolute Gasteiger partial charge is 0.159 e. The number of nitrogens with zero attached hydrogens (tertiary/aromatic N) is 3. The molecular formula is C9H5Cl2N3. The molecule has 1 heterocycles. The van der Waals surface area contributed by atoms with Gasteiger partial charge in [-0.3, -0.25) is 0 Å². The van der Waals surface area contributed by atoms with Crippen molar-refractivity contribution in [2.45, 2.75) is 0 Å². The third kappa shape index (κ3) is 1.84. The number of benzene rings is 1. The van der Waals surface area contributed by atoms with Crippen LogP contribution in [0, 0.1) is 0 Å². The Hall–Kier alpha value is -1.19. The minimum atomic E-state index is 0.335. The molecule has 2 aromatic rings. The van der Waals surface area contributed by atoms with Gasteiger partial charge >= 0.3 is 0 Å². The highest BCUT2D eigenvalue weighted by Crippen LogP contribution is 2.23. The van der Waals surface area contributed by atoms with E-state index in [4.69, 9.17) is 23.2 Å². The Balaban J connectivity index is 2.50. The van der Waals surface area contributed by atoms with Crippen molar-refractivity contribution >= 4 is 23.2 Å². The summed E-state index contributed by atoms with van der Waals surface area (Å²) in [6.07, 6.45) is 1.31. The van der Waals surface area contributed by atoms with Crippen LogP contribution >= 0.6 is 23.2 Å². The number of hydrogen-bond acceptors (Lipinski definition) is 3. The van der Waals surface area contributed by atoms with Gasteiger partial charge in [0, 0.05) is 10.6 Å². The van der Waals surface area contributed by atoms with E-state index in [1.807, 2.05) is 12.1 Å². The molecule has 0 radical (unpaired) electrons. The van der Waals surface area contributed by atoms with E-state index in [9.17, 15) is 0 Å². The molecule has 3 nitrogen and oxygen atoms in total. The summed E-state index contributed by atoms with van der Waals surface area (Å²) in [4.78, 5) is 3.84. The summed E-state index contributed by atoms with van der Waals surface area (Å²) < 4.78 is 0. The lowest BCUT2D eigenvalue weighted by molar-refractivity contribution is 0.977. The van der Waals surface area contributed by atoms with Crippen LogP contribution < -0.4 is 0 Å². The van der Waals surface area contributed by atoms with Gasteiger partial charge in [0.25, 0.3) is 0 Å². The Morgan fingerprint density at radius 1 is 1.00 bits per heavy atom.